The summed E-state index contributed by atoms with van der Waals surface area (Å²) in [7, 11) is 2.62. The molecule has 27 heavy (non-hydrogen) atoms. The SMILES string of the molecule is COC(=O)[C@@H]1[C@@H](c2cccc(Cl)c2)[C@H](C(=O)OC)C2(C[C@@]1(C)O)NCCS2. The van der Waals surface area contributed by atoms with Crippen molar-refractivity contribution in [3.63, 3.8) is 0 Å². The minimum atomic E-state index is -1.38. The second-order valence-electron chi connectivity index (χ2n) is 7.28. The summed E-state index contributed by atoms with van der Waals surface area (Å²) in [6, 6.07) is 7.04. The highest BCUT2D eigenvalue weighted by Crippen LogP contribution is 2.57. The van der Waals surface area contributed by atoms with Crippen molar-refractivity contribution in [1.82, 2.24) is 5.32 Å². The number of carbonyl (C=O) groups excluding carboxylic acids is 2. The lowest BCUT2D eigenvalue weighted by atomic mass is 9.60. The third kappa shape index (κ3) is 3.58. The average Bonchev–Trinajstić information content (AvgIpc) is 3.07. The maximum absolute atomic E-state index is 12.9. The van der Waals surface area contributed by atoms with Crippen LogP contribution < -0.4 is 5.32 Å². The number of hydrogen-bond donors (Lipinski definition) is 2. The van der Waals surface area contributed by atoms with E-state index >= 15 is 0 Å². The number of benzene rings is 1. The molecule has 8 heteroatoms. The molecule has 6 nitrogen and oxygen atoms in total. The minimum absolute atomic E-state index is 0.223. The van der Waals surface area contributed by atoms with E-state index in [9.17, 15) is 14.7 Å². The first-order valence-electron chi connectivity index (χ1n) is 8.78. The van der Waals surface area contributed by atoms with Gasteiger partial charge in [0.25, 0.3) is 0 Å². The molecule has 148 valence electrons. The van der Waals surface area contributed by atoms with Crippen LogP contribution in [0.5, 0.6) is 0 Å². The molecule has 0 radical (unpaired) electrons. The van der Waals surface area contributed by atoms with Crippen molar-refractivity contribution >= 4 is 35.3 Å². The summed E-state index contributed by atoms with van der Waals surface area (Å²) < 4.78 is 10.1. The predicted molar refractivity (Wildman–Crippen MR) is 104 cm³/mol. The van der Waals surface area contributed by atoms with E-state index in [1.807, 2.05) is 6.07 Å². The quantitative estimate of drug-likeness (QED) is 0.734. The number of hydrogen-bond acceptors (Lipinski definition) is 7. The molecular formula is C19H24ClNO5S. The Kier molecular flexibility index (Phi) is 5.77. The Bertz CT molecular complexity index is 735. The summed E-state index contributed by atoms with van der Waals surface area (Å²) in [4.78, 5) is 24.9. The average molecular weight is 414 g/mol. The zero-order valence-corrected chi connectivity index (χ0v) is 17.1. The second kappa shape index (κ2) is 7.62. The first-order chi connectivity index (χ1) is 12.8. The van der Waals surface area contributed by atoms with Crippen molar-refractivity contribution in [3.05, 3.63) is 34.9 Å². The third-order valence-corrected chi connectivity index (χ3v) is 7.24. The molecule has 2 aliphatic rings. The molecule has 5 atom stereocenters. The van der Waals surface area contributed by atoms with E-state index in [0.717, 1.165) is 5.75 Å². The highest BCUT2D eigenvalue weighted by molar-refractivity contribution is 8.00. The van der Waals surface area contributed by atoms with Crippen LogP contribution in [0.2, 0.25) is 5.02 Å². The number of methoxy groups -OCH3 is 2. The number of carbonyl (C=O) groups is 2. The first kappa shape index (κ1) is 20.5. The number of esters is 2. The number of thioether (sulfide) groups is 1. The molecule has 1 heterocycles. The number of rotatable bonds is 3. The molecule has 1 aromatic carbocycles. The van der Waals surface area contributed by atoms with E-state index in [-0.39, 0.29) is 6.42 Å². The highest BCUT2D eigenvalue weighted by Gasteiger charge is 2.64. The summed E-state index contributed by atoms with van der Waals surface area (Å²) in [5, 5.41) is 15.2. The maximum Gasteiger partial charge on any atom is 0.312 e. The number of aliphatic hydroxyl groups is 1. The molecule has 1 saturated carbocycles. The first-order valence-corrected chi connectivity index (χ1v) is 10.1. The predicted octanol–water partition coefficient (Wildman–Crippen LogP) is 2.19. The fourth-order valence-electron chi connectivity index (χ4n) is 4.57. The van der Waals surface area contributed by atoms with Crippen LogP contribution in [0.4, 0.5) is 0 Å². The molecule has 3 rings (SSSR count). The van der Waals surface area contributed by atoms with Crippen molar-refractivity contribution in [1.29, 1.82) is 0 Å². The van der Waals surface area contributed by atoms with E-state index < -0.39 is 40.2 Å². The van der Waals surface area contributed by atoms with E-state index in [0.29, 0.717) is 17.1 Å². The van der Waals surface area contributed by atoms with Gasteiger partial charge in [0.2, 0.25) is 0 Å². The molecule has 1 aliphatic heterocycles. The van der Waals surface area contributed by atoms with Gasteiger partial charge in [0.1, 0.15) is 0 Å². The smallest absolute Gasteiger partial charge is 0.312 e. The second-order valence-corrected chi connectivity index (χ2v) is 9.14. The van der Waals surface area contributed by atoms with Gasteiger partial charge in [-0.2, -0.15) is 0 Å². The van der Waals surface area contributed by atoms with E-state index in [4.69, 9.17) is 21.1 Å². The van der Waals surface area contributed by atoms with Gasteiger partial charge in [0.15, 0.2) is 0 Å². The van der Waals surface area contributed by atoms with Crippen molar-refractivity contribution in [2.24, 2.45) is 11.8 Å². The Morgan fingerprint density at radius 2 is 1.93 bits per heavy atom. The monoisotopic (exact) mass is 413 g/mol. The van der Waals surface area contributed by atoms with Gasteiger partial charge >= 0.3 is 11.9 Å². The largest absolute Gasteiger partial charge is 0.469 e. The maximum atomic E-state index is 12.9. The normalized spacial score (nSPS) is 35.8. The number of ether oxygens (including phenoxy) is 2. The van der Waals surface area contributed by atoms with Crippen LogP contribution in [-0.2, 0) is 19.1 Å². The highest BCUT2D eigenvalue weighted by atomic mass is 35.5. The molecule has 2 N–H and O–H groups in total. The molecule has 1 aromatic rings. The van der Waals surface area contributed by atoms with Crippen LogP contribution >= 0.6 is 23.4 Å². The summed E-state index contributed by atoms with van der Waals surface area (Å²) in [5.74, 6) is -2.45. The van der Waals surface area contributed by atoms with Gasteiger partial charge in [0, 0.05) is 29.7 Å². The molecule has 0 bridgehead atoms. The van der Waals surface area contributed by atoms with E-state index in [1.165, 1.54) is 14.2 Å². The Labute approximate surface area is 167 Å². The van der Waals surface area contributed by atoms with Gasteiger partial charge in [-0.05, 0) is 24.6 Å². The number of nitrogens with one attached hydrogen (secondary N) is 1. The van der Waals surface area contributed by atoms with Gasteiger partial charge < -0.3 is 19.9 Å². The van der Waals surface area contributed by atoms with Crippen LogP contribution in [0.25, 0.3) is 0 Å². The Balaban J connectivity index is 2.22. The van der Waals surface area contributed by atoms with Crippen molar-refractivity contribution in [2.45, 2.75) is 29.7 Å². The van der Waals surface area contributed by atoms with Crippen molar-refractivity contribution in [2.75, 3.05) is 26.5 Å². The third-order valence-electron chi connectivity index (χ3n) is 5.54. The van der Waals surface area contributed by atoms with Crippen molar-refractivity contribution in [3.8, 4) is 0 Å². The lowest BCUT2D eigenvalue weighted by Gasteiger charge is -2.53. The van der Waals surface area contributed by atoms with Gasteiger partial charge in [-0.25, -0.2) is 0 Å². The molecule has 0 amide bonds. The van der Waals surface area contributed by atoms with Crippen LogP contribution in [-0.4, -0.2) is 54.0 Å². The lowest BCUT2D eigenvalue weighted by Crippen LogP contribution is -2.64. The van der Waals surface area contributed by atoms with Gasteiger partial charge in [0.05, 0.1) is 36.5 Å². The number of halogens is 1. The summed E-state index contributed by atoms with van der Waals surface area (Å²) in [5.41, 5.74) is -0.684. The Hall–Kier alpha value is -1.28. The molecule has 1 saturated heterocycles. The zero-order valence-electron chi connectivity index (χ0n) is 15.5. The van der Waals surface area contributed by atoms with Crippen LogP contribution in [0.1, 0.15) is 24.8 Å². The van der Waals surface area contributed by atoms with Gasteiger partial charge in [-0.1, -0.05) is 23.7 Å². The van der Waals surface area contributed by atoms with E-state index in [2.05, 4.69) is 5.32 Å². The molecular weight excluding hydrogens is 390 g/mol. The summed E-state index contributed by atoms with van der Waals surface area (Å²) >= 11 is 7.78. The van der Waals surface area contributed by atoms with Crippen LogP contribution in [0.3, 0.4) is 0 Å². The molecule has 1 unspecified atom stereocenters. The molecule has 1 aliphatic carbocycles. The van der Waals surface area contributed by atoms with Crippen LogP contribution in [0.15, 0.2) is 24.3 Å². The van der Waals surface area contributed by atoms with Crippen LogP contribution in [0, 0.1) is 11.8 Å². The van der Waals surface area contributed by atoms with E-state index in [1.54, 1.807) is 36.9 Å². The molecule has 1 spiro atoms. The molecule has 2 fully saturated rings. The Morgan fingerprint density at radius 1 is 1.26 bits per heavy atom. The summed E-state index contributed by atoms with van der Waals surface area (Å²) in [6.45, 7) is 2.33. The fourth-order valence-corrected chi connectivity index (χ4v) is 6.36. The zero-order chi connectivity index (χ0) is 19.8. The van der Waals surface area contributed by atoms with Gasteiger partial charge in [-0.3, -0.25) is 9.59 Å². The van der Waals surface area contributed by atoms with Crippen molar-refractivity contribution < 1.29 is 24.2 Å². The summed E-state index contributed by atoms with van der Waals surface area (Å²) in [6.07, 6.45) is 0.223. The Morgan fingerprint density at radius 3 is 2.48 bits per heavy atom. The fraction of sp³-hybridized carbons (Fsp3) is 0.579. The minimum Gasteiger partial charge on any atom is -0.469 e. The topological polar surface area (TPSA) is 84.9 Å². The lowest BCUT2D eigenvalue weighted by molar-refractivity contribution is -0.171. The standard InChI is InChI=1S/C19H24ClNO5S/c1-18(24)10-19(21-7-8-27-19)15(17(23)26-3)13(14(18)16(22)25-2)11-5-4-6-12(20)9-11/h4-6,9,13-15,21,24H,7-8,10H2,1-3H3/t13-,14+,15-,18-,19?/m1/s1. The van der Waals surface area contributed by atoms with Gasteiger partial charge in [-0.15, -0.1) is 11.8 Å². The molecule has 0 aromatic heterocycles.